The Kier molecular flexibility index (Phi) is 3.49. The fourth-order valence-electron chi connectivity index (χ4n) is 1.79. The summed E-state index contributed by atoms with van der Waals surface area (Å²) >= 11 is 6.11. The van der Waals surface area contributed by atoms with E-state index in [1.807, 2.05) is 19.1 Å². The van der Waals surface area contributed by atoms with Crippen molar-refractivity contribution in [3.8, 4) is 0 Å². The van der Waals surface area contributed by atoms with Gasteiger partial charge in [0.05, 0.1) is 16.8 Å². The van der Waals surface area contributed by atoms with Crippen molar-refractivity contribution >= 4 is 17.3 Å². The lowest BCUT2D eigenvalue weighted by Gasteiger charge is -2.13. The molecule has 0 spiro atoms. The molecule has 82 valence electrons. The van der Waals surface area contributed by atoms with Crippen LogP contribution in [0.4, 0.5) is 5.69 Å². The Hall–Kier alpha value is -0.730. The van der Waals surface area contributed by atoms with Gasteiger partial charge in [0.2, 0.25) is 0 Å². The van der Waals surface area contributed by atoms with Crippen LogP contribution in [0.5, 0.6) is 0 Å². The van der Waals surface area contributed by atoms with Crippen molar-refractivity contribution in [1.82, 2.24) is 0 Å². The Morgan fingerprint density at radius 2 is 2.40 bits per heavy atom. The van der Waals surface area contributed by atoms with Crippen LogP contribution in [0.2, 0.25) is 5.02 Å². The van der Waals surface area contributed by atoms with Crippen molar-refractivity contribution in [2.75, 3.05) is 18.5 Å². The summed E-state index contributed by atoms with van der Waals surface area (Å²) in [4.78, 5) is 0. The number of hydrogen-bond donors (Lipinski definition) is 1. The Bertz CT molecular complexity index is 334. The first kappa shape index (κ1) is 10.8. The molecule has 1 aromatic rings. The number of halogens is 1. The second-order valence-corrected chi connectivity index (χ2v) is 4.41. The predicted molar refractivity (Wildman–Crippen MR) is 63.7 cm³/mol. The molecule has 0 bridgehead atoms. The third-order valence-corrected chi connectivity index (χ3v) is 2.98. The summed E-state index contributed by atoms with van der Waals surface area (Å²) in [6.45, 7) is 3.78. The molecule has 1 N–H and O–H groups in total. The van der Waals surface area contributed by atoms with E-state index in [9.17, 15) is 0 Å². The van der Waals surface area contributed by atoms with E-state index in [1.165, 1.54) is 12.0 Å². The fourth-order valence-corrected chi connectivity index (χ4v) is 2.09. The van der Waals surface area contributed by atoms with Crippen LogP contribution < -0.4 is 5.32 Å². The first-order chi connectivity index (χ1) is 7.25. The Balaban J connectivity index is 1.92. The highest BCUT2D eigenvalue weighted by Crippen LogP contribution is 2.23. The van der Waals surface area contributed by atoms with Crippen LogP contribution >= 0.6 is 11.6 Å². The van der Waals surface area contributed by atoms with Crippen molar-refractivity contribution < 1.29 is 4.74 Å². The molecule has 0 radical (unpaired) electrons. The summed E-state index contributed by atoms with van der Waals surface area (Å²) in [6.07, 6.45) is 2.67. The van der Waals surface area contributed by atoms with E-state index in [-0.39, 0.29) is 0 Å². The maximum atomic E-state index is 6.11. The topological polar surface area (TPSA) is 21.3 Å². The molecule has 0 aliphatic carbocycles. The molecule has 0 aromatic heterocycles. The highest BCUT2D eigenvalue weighted by atomic mass is 35.5. The Labute approximate surface area is 95.6 Å². The lowest BCUT2D eigenvalue weighted by Crippen LogP contribution is -2.18. The molecule has 1 unspecified atom stereocenters. The van der Waals surface area contributed by atoms with Crippen molar-refractivity contribution in [3.63, 3.8) is 0 Å². The van der Waals surface area contributed by atoms with Gasteiger partial charge in [-0.05, 0) is 37.5 Å². The smallest absolute Gasteiger partial charge is 0.0748 e. The van der Waals surface area contributed by atoms with Crippen molar-refractivity contribution in [3.05, 3.63) is 28.8 Å². The lowest BCUT2D eigenvalue weighted by atomic mass is 10.2. The summed E-state index contributed by atoms with van der Waals surface area (Å²) in [5.74, 6) is 0. The monoisotopic (exact) mass is 225 g/mol. The van der Waals surface area contributed by atoms with E-state index in [0.29, 0.717) is 6.10 Å². The van der Waals surface area contributed by atoms with Gasteiger partial charge in [0.1, 0.15) is 0 Å². The molecule has 1 saturated heterocycles. The molecule has 0 saturated carbocycles. The van der Waals surface area contributed by atoms with Crippen LogP contribution in [0.3, 0.4) is 0 Å². The van der Waals surface area contributed by atoms with Crippen LogP contribution in [0.15, 0.2) is 18.2 Å². The average molecular weight is 226 g/mol. The summed E-state index contributed by atoms with van der Waals surface area (Å²) in [6, 6.07) is 6.05. The van der Waals surface area contributed by atoms with Gasteiger partial charge >= 0.3 is 0 Å². The molecule has 3 heteroatoms. The van der Waals surface area contributed by atoms with Gasteiger partial charge in [-0.2, -0.15) is 0 Å². The quantitative estimate of drug-likeness (QED) is 0.853. The molecule has 2 nitrogen and oxygen atoms in total. The number of nitrogens with one attached hydrogen (secondary N) is 1. The largest absolute Gasteiger partial charge is 0.381 e. The molecule has 2 rings (SSSR count). The molecular formula is C12H16ClNO. The van der Waals surface area contributed by atoms with E-state index >= 15 is 0 Å². The van der Waals surface area contributed by atoms with Gasteiger partial charge in [0.25, 0.3) is 0 Å². The zero-order valence-corrected chi connectivity index (χ0v) is 9.68. The zero-order chi connectivity index (χ0) is 10.7. The summed E-state index contributed by atoms with van der Waals surface area (Å²) in [5, 5.41) is 4.11. The summed E-state index contributed by atoms with van der Waals surface area (Å²) in [5.41, 5.74) is 2.18. The molecule has 1 aromatic carbocycles. The third-order valence-electron chi connectivity index (χ3n) is 2.67. The third kappa shape index (κ3) is 2.86. The van der Waals surface area contributed by atoms with Crippen molar-refractivity contribution in [2.24, 2.45) is 0 Å². The van der Waals surface area contributed by atoms with Gasteiger partial charge in [-0.25, -0.2) is 0 Å². The van der Waals surface area contributed by atoms with Crippen LogP contribution in [-0.4, -0.2) is 19.3 Å². The number of aryl methyl sites for hydroxylation is 1. The Morgan fingerprint density at radius 3 is 3.07 bits per heavy atom. The van der Waals surface area contributed by atoms with E-state index in [0.717, 1.165) is 30.3 Å². The highest BCUT2D eigenvalue weighted by Gasteiger charge is 2.15. The first-order valence-electron chi connectivity index (χ1n) is 5.37. The minimum Gasteiger partial charge on any atom is -0.381 e. The van der Waals surface area contributed by atoms with E-state index in [1.54, 1.807) is 0 Å². The minimum atomic E-state index is 0.349. The van der Waals surface area contributed by atoms with Gasteiger partial charge in [0.15, 0.2) is 0 Å². The average Bonchev–Trinajstić information content (AvgIpc) is 2.69. The second kappa shape index (κ2) is 4.86. The molecule has 1 fully saturated rings. The van der Waals surface area contributed by atoms with Crippen LogP contribution in [-0.2, 0) is 4.74 Å². The molecule has 0 amide bonds. The number of hydrogen-bond acceptors (Lipinski definition) is 2. The molecule has 15 heavy (non-hydrogen) atoms. The fraction of sp³-hybridized carbons (Fsp3) is 0.500. The van der Waals surface area contributed by atoms with Crippen LogP contribution in [0.1, 0.15) is 18.4 Å². The highest BCUT2D eigenvalue weighted by molar-refractivity contribution is 6.33. The van der Waals surface area contributed by atoms with Gasteiger partial charge in [0, 0.05) is 13.2 Å². The van der Waals surface area contributed by atoms with Crippen molar-refractivity contribution in [1.29, 1.82) is 0 Å². The van der Waals surface area contributed by atoms with Gasteiger partial charge < -0.3 is 10.1 Å². The number of ether oxygens (including phenoxy) is 1. The maximum Gasteiger partial charge on any atom is 0.0748 e. The SMILES string of the molecule is Cc1ccc(NCC2CCCO2)c(Cl)c1. The molecule has 1 atom stereocenters. The van der Waals surface area contributed by atoms with Gasteiger partial charge in [-0.15, -0.1) is 0 Å². The van der Waals surface area contributed by atoms with Gasteiger partial charge in [-0.3, -0.25) is 0 Å². The first-order valence-corrected chi connectivity index (χ1v) is 5.75. The molecular weight excluding hydrogens is 210 g/mol. The normalized spacial score (nSPS) is 20.5. The minimum absolute atomic E-state index is 0.349. The van der Waals surface area contributed by atoms with Crippen molar-refractivity contribution in [2.45, 2.75) is 25.9 Å². The van der Waals surface area contributed by atoms with Crippen LogP contribution in [0.25, 0.3) is 0 Å². The lowest BCUT2D eigenvalue weighted by molar-refractivity contribution is 0.120. The molecule has 1 heterocycles. The second-order valence-electron chi connectivity index (χ2n) is 4.00. The zero-order valence-electron chi connectivity index (χ0n) is 8.92. The molecule has 1 aliphatic heterocycles. The van der Waals surface area contributed by atoms with E-state index in [4.69, 9.17) is 16.3 Å². The number of anilines is 1. The van der Waals surface area contributed by atoms with Gasteiger partial charge in [-0.1, -0.05) is 17.7 Å². The summed E-state index contributed by atoms with van der Waals surface area (Å²) in [7, 11) is 0. The van der Waals surface area contributed by atoms with Crippen LogP contribution in [0, 0.1) is 6.92 Å². The number of rotatable bonds is 3. The molecule has 1 aliphatic rings. The predicted octanol–water partition coefficient (Wildman–Crippen LogP) is 3.24. The van der Waals surface area contributed by atoms with E-state index < -0.39 is 0 Å². The maximum absolute atomic E-state index is 6.11. The Morgan fingerprint density at radius 1 is 1.53 bits per heavy atom. The van der Waals surface area contributed by atoms with E-state index in [2.05, 4.69) is 11.4 Å². The standard InChI is InChI=1S/C12H16ClNO/c1-9-4-5-12(11(13)7-9)14-8-10-3-2-6-15-10/h4-5,7,10,14H,2-3,6,8H2,1H3. The number of benzene rings is 1. The summed E-state index contributed by atoms with van der Waals surface area (Å²) < 4.78 is 5.53.